The number of anilines is 1. The molecule has 4 rings (SSSR count). The average molecular weight is 506 g/mol. The molecule has 30 heavy (non-hydrogen) atoms. The molecule has 0 saturated carbocycles. The number of hydrogen-bond acceptors (Lipinski definition) is 5. The molecule has 0 aromatic heterocycles. The molecule has 2 aliphatic heterocycles. The molecule has 2 atom stereocenters. The lowest BCUT2D eigenvalue weighted by Crippen LogP contribution is -2.38. The number of amides is 1. The summed E-state index contributed by atoms with van der Waals surface area (Å²) in [6.45, 7) is -0.274. The van der Waals surface area contributed by atoms with E-state index in [2.05, 4.69) is 4.99 Å². The first kappa shape index (κ1) is 21.8. The second-order valence-electron chi connectivity index (χ2n) is 6.77. The van der Waals surface area contributed by atoms with Gasteiger partial charge in [0.1, 0.15) is 5.75 Å². The molecule has 0 bridgehead atoms. The summed E-state index contributed by atoms with van der Waals surface area (Å²) in [6.07, 6.45) is 0. The van der Waals surface area contributed by atoms with E-state index >= 15 is 0 Å². The molecule has 2 aliphatic rings. The van der Waals surface area contributed by atoms with Crippen LogP contribution in [0.2, 0.25) is 15.1 Å². The second-order valence-corrected chi connectivity index (χ2v) is 11.4. The van der Waals surface area contributed by atoms with Crippen molar-refractivity contribution in [3.63, 3.8) is 0 Å². The molecule has 2 saturated heterocycles. The molecule has 0 radical (unpaired) electrons. The van der Waals surface area contributed by atoms with Crippen molar-refractivity contribution in [3.8, 4) is 5.75 Å². The van der Waals surface area contributed by atoms with Crippen molar-refractivity contribution in [3.05, 3.63) is 57.5 Å². The number of carbonyl (C=O) groups is 1. The Labute approximate surface area is 193 Å². The molecule has 2 aromatic carbocycles. The van der Waals surface area contributed by atoms with Crippen molar-refractivity contribution >= 4 is 73.2 Å². The van der Waals surface area contributed by atoms with Gasteiger partial charge in [0.15, 0.2) is 21.6 Å². The molecular weight excluding hydrogens is 491 g/mol. The number of nitrogens with zero attached hydrogens (tertiary/aromatic N) is 2. The van der Waals surface area contributed by atoms with Gasteiger partial charge in [-0.2, -0.15) is 4.99 Å². The van der Waals surface area contributed by atoms with Gasteiger partial charge in [-0.15, -0.1) is 0 Å². The number of aliphatic imine (C=N–C) groups is 1. The van der Waals surface area contributed by atoms with Crippen molar-refractivity contribution < 1.29 is 17.9 Å². The fourth-order valence-electron chi connectivity index (χ4n) is 3.36. The number of rotatable bonds is 4. The third-order valence-electron chi connectivity index (χ3n) is 4.64. The predicted octanol–water partition coefficient (Wildman–Crippen LogP) is 4.33. The van der Waals surface area contributed by atoms with Crippen molar-refractivity contribution in [2.45, 2.75) is 11.3 Å². The highest BCUT2D eigenvalue weighted by molar-refractivity contribution is 8.16. The quantitative estimate of drug-likeness (QED) is 0.616. The molecule has 2 heterocycles. The van der Waals surface area contributed by atoms with E-state index in [1.54, 1.807) is 47.4 Å². The molecule has 0 spiro atoms. The van der Waals surface area contributed by atoms with Gasteiger partial charge in [0.25, 0.3) is 5.91 Å². The first-order chi connectivity index (χ1) is 14.2. The van der Waals surface area contributed by atoms with Crippen LogP contribution in [0.1, 0.15) is 0 Å². The van der Waals surface area contributed by atoms with E-state index in [0.717, 1.165) is 0 Å². The van der Waals surface area contributed by atoms with Crippen LogP contribution >= 0.6 is 46.6 Å². The largest absolute Gasteiger partial charge is 0.484 e. The van der Waals surface area contributed by atoms with Crippen LogP contribution in [0, 0.1) is 0 Å². The lowest BCUT2D eigenvalue weighted by molar-refractivity contribution is -0.119. The fourth-order valence-corrected chi connectivity index (χ4v) is 7.98. The van der Waals surface area contributed by atoms with E-state index < -0.39 is 21.8 Å². The van der Waals surface area contributed by atoms with Gasteiger partial charge >= 0.3 is 0 Å². The highest BCUT2D eigenvalue weighted by Gasteiger charge is 2.50. The summed E-state index contributed by atoms with van der Waals surface area (Å²) in [5.74, 6) is -0.0692. The third kappa shape index (κ3) is 4.57. The first-order valence-corrected chi connectivity index (χ1v) is 12.7. The zero-order valence-corrected chi connectivity index (χ0v) is 19.2. The van der Waals surface area contributed by atoms with E-state index in [1.807, 2.05) is 0 Å². The van der Waals surface area contributed by atoms with Gasteiger partial charge in [0.05, 0.1) is 33.3 Å². The maximum Gasteiger partial charge on any atom is 0.285 e. The van der Waals surface area contributed by atoms with Crippen molar-refractivity contribution in [2.24, 2.45) is 4.99 Å². The van der Waals surface area contributed by atoms with E-state index in [0.29, 0.717) is 31.7 Å². The molecule has 0 aliphatic carbocycles. The van der Waals surface area contributed by atoms with Crippen LogP contribution in [0.25, 0.3) is 0 Å². The summed E-state index contributed by atoms with van der Waals surface area (Å²) < 4.78 is 29.8. The maximum atomic E-state index is 12.5. The SMILES string of the molecule is O=C(COc1ccc(Cl)cc1)N=C1S[C@H]2CS(=O)(=O)C[C@@H]2N1c1c(Cl)cccc1Cl. The Morgan fingerprint density at radius 2 is 1.77 bits per heavy atom. The molecule has 11 heteroatoms. The normalized spacial score (nSPS) is 23.6. The summed E-state index contributed by atoms with van der Waals surface area (Å²) in [7, 11) is -3.20. The highest BCUT2D eigenvalue weighted by atomic mass is 35.5. The Bertz CT molecular complexity index is 1100. The van der Waals surface area contributed by atoms with E-state index in [4.69, 9.17) is 39.5 Å². The monoisotopic (exact) mass is 504 g/mol. The Kier molecular flexibility index (Phi) is 6.23. The van der Waals surface area contributed by atoms with E-state index in [-0.39, 0.29) is 23.4 Å². The van der Waals surface area contributed by atoms with Gasteiger partial charge in [-0.05, 0) is 36.4 Å². The Balaban J connectivity index is 1.60. The Hall–Kier alpha value is -1.45. The van der Waals surface area contributed by atoms with Crippen LogP contribution in [0.5, 0.6) is 5.75 Å². The number of para-hydroxylation sites is 1. The minimum Gasteiger partial charge on any atom is -0.484 e. The number of benzene rings is 2. The molecular formula is C19H15Cl3N2O4S2. The first-order valence-electron chi connectivity index (χ1n) is 8.84. The zero-order chi connectivity index (χ0) is 21.5. The van der Waals surface area contributed by atoms with Gasteiger partial charge in [0, 0.05) is 10.3 Å². The number of hydrogen-bond donors (Lipinski definition) is 0. The summed E-state index contributed by atoms with van der Waals surface area (Å²) in [4.78, 5) is 18.3. The van der Waals surface area contributed by atoms with Crippen LogP contribution in [-0.2, 0) is 14.6 Å². The minimum atomic E-state index is -3.20. The van der Waals surface area contributed by atoms with Crippen molar-refractivity contribution in [1.82, 2.24) is 0 Å². The minimum absolute atomic E-state index is 0.00932. The molecule has 0 N–H and O–H groups in total. The van der Waals surface area contributed by atoms with Crippen LogP contribution in [0.15, 0.2) is 47.5 Å². The van der Waals surface area contributed by atoms with Crippen LogP contribution in [-0.4, -0.2) is 48.9 Å². The molecule has 158 valence electrons. The van der Waals surface area contributed by atoms with Gasteiger partial charge in [-0.25, -0.2) is 8.42 Å². The lowest BCUT2D eigenvalue weighted by Gasteiger charge is -2.26. The van der Waals surface area contributed by atoms with E-state index in [1.165, 1.54) is 11.8 Å². The molecule has 1 amide bonds. The van der Waals surface area contributed by atoms with Gasteiger partial charge < -0.3 is 9.64 Å². The van der Waals surface area contributed by atoms with Crippen LogP contribution in [0.4, 0.5) is 5.69 Å². The van der Waals surface area contributed by atoms with Crippen LogP contribution < -0.4 is 9.64 Å². The van der Waals surface area contributed by atoms with Crippen molar-refractivity contribution in [1.29, 1.82) is 0 Å². The highest BCUT2D eigenvalue weighted by Crippen LogP contribution is 2.45. The second kappa shape index (κ2) is 8.59. The van der Waals surface area contributed by atoms with Crippen molar-refractivity contribution in [2.75, 3.05) is 23.0 Å². The van der Waals surface area contributed by atoms with Crippen LogP contribution in [0.3, 0.4) is 0 Å². The lowest BCUT2D eigenvalue weighted by atomic mass is 10.2. The van der Waals surface area contributed by atoms with E-state index in [9.17, 15) is 13.2 Å². The molecule has 6 nitrogen and oxygen atoms in total. The summed E-state index contributed by atoms with van der Waals surface area (Å²) in [5.41, 5.74) is 0.447. The number of ether oxygens (including phenoxy) is 1. The molecule has 0 unspecified atom stereocenters. The summed E-state index contributed by atoms with van der Waals surface area (Å²) >= 11 is 19.8. The maximum absolute atomic E-state index is 12.5. The van der Waals surface area contributed by atoms with Gasteiger partial charge in [-0.3, -0.25) is 4.79 Å². The standard InChI is InChI=1S/C19H15Cl3N2O4S2/c20-11-4-6-12(7-5-11)28-8-17(25)23-19-24(18-13(21)2-1-3-14(18)22)15-9-30(26,27)10-16(15)29-19/h1-7,15-16H,8-10H2/t15-,16-/m0/s1. The van der Waals surface area contributed by atoms with Gasteiger partial charge in [0.2, 0.25) is 0 Å². The number of sulfone groups is 1. The third-order valence-corrected chi connectivity index (χ3v) is 8.71. The number of thioether (sulfide) groups is 1. The number of fused-ring (bicyclic) bond motifs is 1. The number of amidine groups is 1. The zero-order valence-electron chi connectivity index (χ0n) is 15.3. The molecule has 2 fully saturated rings. The number of halogens is 3. The Morgan fingerprint density at radius 3 is 2.43 bits per heavy atom. The topological polar surface area (TPSA) is 76.0 Å². The average Bonchev–Trinajstić information content (AvgIpc) is 3.13. The predicted molar refractivity (Wildman–Crippen MR) is 122 cm³/mol. The number of carbonyl (C=O) groups excluding carboxylic acids is 1. The Morgan fingerprint density at radius 1 is 1.10 bits per heavy atom. The fraction of sp³-hybridized carbons (Fsp3) is 0.263. The summed E-state index contributed by atoms with van der Waals surface area (Å²) in [5, 5.41) is 1.37. The smallest absolute Gasteiger partial charge is 0.285 e. The van der Waals surface area contributed by atoms with Gasteiger partial charge in [-0.1, -0.05) is 52.6 Å². The summed E-state index contributed by atoms with van der Waals surface area (Å²) in [6, 6.07) is 11.2. The molecule has 2 aromatic rings.